The molecule has 3 aromatic rings. The van der Waals surface area contributed by atoms with Gasteiger partial charge in [-0.25, -0.2) is 14.2 Å². The lowest BCUT2D eigenvalue weighted by Crippen LogP contribution is -2.45. The first-order chi connectivity index (χ1) is 15.0. The molecule has 1 N–H and O–H groups in total. The van der Waals surface area contributed by atoms with Crippen LogP contribution in [-0.4, -0.2) is 28.8 Å². The van der Waals surface area contributed by atoms with Crippen molar-refractivity contribution in [3.05, 3.63) is 88.9 Å². The van der Waals surface area contributed by atoms with E-state index in [1.807, 2.05) is 37.3 Å². The largest absolute Gasteiger partial charge is 0.474 e. The fourth-order valence-electron chi connectivity index (χ4n) is 3.53. The minimum absolute atomic E-state index is 0.156. The standard InChI is InChI=1S/C24H23FN2O4/c1-16-14-30-23-22(27(16)24(29)31-15-18-5-3-2-4-6-18)12-19(21(13-28)26-23)11-17-7-9-20(25)10-8-17/h2-10,12,16,28H,11,13-15H2,1H3/t16-/m0/s1. The fraction of sp³-hybridized carbons (Fsp3) is 0.250. The van der Waals surface area contributed by atoms with E-state index in [9.17, 15) is 14.3 Å². The van der Waals surface area contributed by atoms with E-state index in [1.54, 1.807) is 18.2 Å². The molecular weight excluding hydrogens is 399 g/mol. The van der Waals surface area contributed by atoms with E-state index >= 15 is 0 Å². The van der Waals surface area contributed by atoms with E-state index in [2.05, 4.69) is 4.98 Å². The Morgan fingerprint density at radius 3 is 2.65 bits per heavy atom. The number of fused-ring (bicyclic) bond motifs is 1. The molecule has 1 aromatic heterocycles. The van der Waals surface area contributed by atoms with E-state index in [4.69, 9.17) is 9.47 Å². The van der Waals surface area contributed by atoms with Gasteiger partial charge < -0.3 is 14.6 Å². The first kappa shape index (κ1) is 20.8. The van der Waals surface area contributed by atoms with Crippen molar-refractivity contribution in [3.8, 4) is 5.88 Å². The summed E-state index contributed by atoms with van der Waals surface area (Å²) in [4.78, 5) is 18.9. The van der Waals surface area contributed by atoms with Crippen molar-refractivity contribution in [1.29, 1.82) is 0 Å². The molecule has 1 atom stereocenters. The van der Waals surface area contributed by atoms with Gasteiger partial charge in [0.05, 0.1) is 18.3 Å². The molecule has 0 unspecified atom stereocenters. The van der Waals surface area contributed by atoms with Crippen LogP contribution in [0.2, 0.25) is 0 Å². The molecule has 31 heavy (non-hydrogen) atoms. The lowest BCUT2D eigenvalue weighted by atomic mass is 10.0. The van der Waals surface area contributed by atoms with Gasteiger partial charge in [-0.1, -0.05) is 42.5 Å². The Morgan fingerprint density at radius 2 is 1.94 bits per heavy atom. The van der Waals surface area contributed by atoms with E-state index in [0.29, 0.717) is 17.8 Å². The van der Waals surface area contributed by atoms with Crippen LogP contribution >= 0.6 is 0 Å². The van der Waals surface area contributed by atoms with Gasteiger partial charge >= 0.3 is 6.09 Å². The Balaban J connectivity index is 1.62. The number of amides is 1. The number of ether oxygens (including phenoxy) is 2. The zero-order valence-corrected chi connectivity index (χ0v) is 17.1. The maximum atomic E-state index is 13.2. The van der Waals surface area contributed by atoms with Crippen LogP contribution < -0.4 is 9.64 Å². The highest BCUT2D eigenvalue weighted by Gasteiger charge is 2.33. The average Bonchev–Trinajstić information content (AvgIpc) is 2.79. The lowest BCUT2D eigenvalue weighted by Gasteiger charge is -2.34. The number of hydrogen-bond donors (Lipinski definition) is 1. The number of rotatable bonds is 5. The summed E-state index contributed by atoms with van der Waals surface area (Å²) in [5.74, 6) is -0.0362. The number of halogens is 1. The summed E-state index contributed by atoms with van der Waals surface area (Å²) in [6.45, 7) is 2.01. The monoisotopic (exact) mass is 422 g/mol. The van der Waals surface area contributed by atoms with Crippen LogP contribution in [0.15, 0.2) is 60.7 Å². The molecule has 7 heteroatoms. The third-order valence-corrected chi connectivity index (χ3v) is 5.16. The summed E-state index contributed by atoms with van der Waals surface area (Å²) in [5, 5.41) is 9.80. The van der Waals surface area contributed by atoms with E-state index < -0.39 is 6.09 Å². The van der Waals surface area contributed by atoms with Gasteiger partial charge in [0.25, 0.3) is 0 Å². The van der Waals surface area contributed by atoms with Crippen molar-refractivity contribution < 1.29 is 23.8 Å². The van der Waals surface area contributed by atoms with Gasteiger partial charge in [0.15, 0.2) is 0 Å². The molecule has 2 aromatic carbocycles. The molecule has 0 spiro atoms. The van der Waals surface area contributed by atoms with Crippen LogP contribution in [0, 0.1) is 5.82 Å². The number of nitrogens with zero attached hydrogens (tertiary/aromatic N) is 2. The molecule has 4 rings (SSSR count). The minimum Gasteiger partial charge on any atom is -0.474 e. The van der Waals surface area contributed by atoms with E-state index in [0.717, 1.165) is 16.7 Å². The Kier molecular flexibility index (Phi) is 6.13. The maximum absolute atomic E-state index is 13.2. The first-order valence-electron chi connectivity index (χ1n) is 10.1. The molecule has 0 aliphatic carbocycles. The van der Waals surface area contributed by atoms with Crippen LogP contribution in [0.4, 0.5) is 14.9 Å². The molecule has 0 saturated carbocycles. The normalized spacial score (nSPS) is 15.2. The van der Waals surface area contributed by atoms with E-state index in [1.165, 1.54) is 17.0 Å². The average molecular weight is 422 g/mol. The summed E-state index contributed by atoms with van der Waals surface area (Å²) < 4.78 is 24.5. The van der Waals surface area contributed by atoms with Crippen molar-refractivity contribution in [2.24, 2.45) is 0 Å². The number of aromatic nitrogens is 1. The van der Waals surface area contributed by atoms with Gasteiger partial charge in [-0.3, -0.25) is 4.90 Å². The second-order valence-corrected chi connectivity index (χ2v) is 7.45. The van der Waals surface area contributed by atoms with Gasteiger partial charge in [0.2, 0.25) is 5.88 Å². The number of carbonyl (C=O) groups excluding carboxylic acids is 1. The van der Waals surface area contributed by atoms with Crippen LogP contribution in [0.1, 0.15) is 29.3 Å². The summed E-state index contributed by atoms with van der Waals surface area (Å²) in [6, 6.07) is 17.1. The second kappa shape index (κ2) is 9.14. The number of pyridine rings is 1. The predicted octanol–water partition coefficient (Wildman–Crippen LogP) is 4.23. The molecule has 6 nitrogen and oxygen atoms in total. The summed E-state index contributed by atoms with van der Waals surface area (Å²) in [6.07, 6.45) is -0.0650. The highest BCUT2D eigenvalue weighted by atomic mass is 19.1. The quantitative estimate of drug-likeness (QED) is 0.666. The molecule has 1 aliphatic heterocycles. The molecule has 1 aliphatic rings. The van der Waals surface area contributed by atoms with Crippen molar-refractivity contribution in [2.75, 3.05) is 11.5 Å². The third kappa shape index (κ3) is 4.67. The summed E-state index contributed by atoms with van der Waals surface area (Å²) >= 11 is 0. The van der Waals surface area contributed by atoms with Gasteiger partial charge in [-0.05, 0) is 48.2 Å². The summed E-state index contributed by atoms with van der Waals surface area (Å²) in [5.41, 5.74) is 3.43. The van der Waals surface area contributed by atoms with Gasteiger partial charge in [0.1, 0.15) is 24.7 Å². The Hall–Kier alpha value is -3.45. The zero-order chi connectivity index (χ0) is 21.8. The van der Waals surface area contributed by atoms with E-state index in [-0.39, 0.29) is 37.6 Å². The Labute approximate surface area is 179 Å². The van der Waals surface area contributed by atoms with Crippen molar-refractivity contribution in [2.45, 2.75) is 32.6 Å². The number of benzene rings is 2. The molecule has 0 radical (unpaired) electrons. The summed E-state index contributed by atoms with van der Waals surface area (Å²) in [7, 11) is 0. The zero-order valence-electron chi connectivity index (χ0n) is 17.1. The third-order valence-electron chi connectivity index (χ3n) is 5.16. The van der Waals surface area contributed by atoms with Crippen molar-refractivity contribution in [1.82, 2.24) is 4.98 Å². The second-order valence-electron chi connectivity index (χ2n) is 7.45. The highest BCUT2D eigenvalue weighted by molar-refractivity contribution is 5.90. The van der Waals surface area contributed by atoms with Crippen LogP contribution in [0.3, 0.4) is 0 Å². The number of anilines is 1. The Bertz CT molecular complexity index is 1060. The van der Waals surface area contributed by atoms with Crippen LogP contribution in [-0.2, 0) is 24.4 Å². The molecule has 1 amide bonds. The Morgan fingerprint density at radius 1 is 1.19 bits per heavy atom. The highest BCUT2D eigenvalue weighted by Crippen LogP contribution is 2.35. The number of aliphatic hydroxyl groups is 1. The van der Waals surface area contributed by atoms with Crippen molar-refractivity contribution in [3.63, 3.8) is 0 Å². The molecule has 160 valence electrons. The fourth-order valence-corrected chi connectivity index (χ4v) is 3.53. The molecular formula is C24H23FN2O4. The van der Waals surface area contributed by atoms with Gasteiger partial charge in [0, 0.05) is 0 Å². The molecule has 0 saturated heterocycles. The SMILES string of the molecule is C[C@H]1COc2nc(CO)c(Cc3ccc(F)cc3)cc2N1C(=O)OCc1ccccc1. The van der Waals surface area contributed by atoms with Crippen LogP contribution in [0.25, 0.3) is 0 Å². The molecule has 2 heterocycles. The van der Waals surface area contributed by atoms with Gasteiger partial charge in [-0.15, -0.1) is 0 Å². The minimum atomic E-state index is -0.493. The molecule has 0 fully saturated rings. The number of hydrogen-bond acceptors (Lipinski definition) is 5. The first-order valence-corrected chi connectivity index (χ1v) is 10.1. The number of aliphatic hydroxyl groups excluding tert-OH is 1. The molecule has 0 bridgehead atoms. The number of carbonyl (C=O) groups is 1. The van der Waals surface area contributed by atoms with Crippen LogP contribution in [0.5, 0.6) is 5.88 Å². The smallest absolute Gasteiger partial charge is 0.415 e. The van der Waals surface area contributed by atoms with Crippen molar-refractivity contribution >= 4 is 11.8 Å². The predicted molar refractivity (Wildman–Crippen MR) is 113 cm³/mol. The topological polar surface area (TPSA) is 71.9 Å². The lowest BCUT2D eigenvalue weighted by molar-refractivity contribution is 0.138. The van der Waals surface area contributed by atoms with Gasteiger partial charge in [-0.2, -0.15) is 0 Å². The maximum Gasteiger partial charge on any atom is 0.415 e.